The molecule has 14 heavy (non-hydrogen) atoms. The minimum atomic E-state index is -1.25. The molecule has 1 rings (SSSR count). The highest BCUT2D eigenvalue weighted by molar-refractivity contribution is 7.10. The third-order valence-electron chi connectivity index (χ3n) is 2.06. The van der Waals surface area contributed by atoms with Gasteiger partial charge in [-0.15, -0.1) is 11.3 Å². The zero-order valence-corrected chi connectivity index (χ0v) is 8.62. The lowest BCUT2D eigenvalue weighted by Gasteiger charge is -2.14. The van der Waals surface area contributed by atoms with Crippen LogP contribution in [0.5, 0.6) is 0 Å². The number of nitrogens with two attached hydrogens (primary N) is 1. The van der Waals surface area contributed by atoms with E-state index in [1.807, 2.05) is 18.4 Å². The standard InChI is InChI=1S/C9H13NO3S/c1-2-5-3-4-14-8(5)7(11)6(10)9(12)13/h3-4,6-7,11H,2,10H2,1H3,(H,12,13). The number of carboxylic acids is 1. The molecule has 0 saturated heterocycles. The van der Waals surface area contributed by atoms with Gasteiger partial charge in [-0.05, 0) is 23.4 Å². The molecule has 0 amide bonds. The van der Waals surface area contributed by atoms with Gasteiger partial charge in [0.25, 0.3) is 0 Å². The number of aliphatic hydroxyl groups is 1. The molecule has 1 heterocycles. The summed E-state index contributed by atoms with van der Waals surface area (Å²) in [5.41, 5.74) is 6.29. The predicted octanol–water partition coefficient (Wildman–Crippen LogP) is 0.756. The van der Waals surface area contributed by atoms with Crippen molar-refractivity contribution in [2.75, 3.05) is 0 Å². The van der Waals surface area contributed by atoms with Crippen LogP contribution in [0.25, 0.3) is 0 Å². The molecule has 0 radical (unpaired) electrons. The predicted molar refractivity (Wildman–Crippen MR) is 54.3 cm³/mol. The van der Waals surface area contributed by atoms with Crippen molar-refractivity contribution in [1.29, 1.82) is 0 Å². The van der Waals surface area contributed by atoms with Crippen molar-refractivity contribution in [3.05, 3.63) is 21.9 Å². The number of hydrogen-bond acceptors (Lipinski definition) is 4. The molecule has 0 spiro atoms. The zero-order chi connectivity index (χ0) is 10.7. The third-order valence-corrected chi connectivity index (χ3v) is 3.09. The van der Waals surface area contributed by atoms with Gasteiger partial charge in [-0.3, -0.25) is 4.79 Å². The van der Waals surface area contributed by atoms with E-state index in [4.69, 9.17) is 10.8 Å². The second-order valence-corrected chi connectivity index (χ2v) is 3.92. The molecule has 0 aliphatic carbocycles. The van der Waals surface area contributed by atoms with E-state index in [1.165, 1.54) is 11.3 Å². The Balaban J connectivity index is 2.88. The Labute approximate surface area is 86.0 Å². The van der Waals surface area contributed by atoms with Crippen LogP contribution in [0, 0.1) is 0 Å². The van der Waals surface area contributed by atoms with Crippen molar-refractivity contribution in [1.82, 2.24) is 0 Å². The highest BCUT2D eigenvalue weighted by Gasteiger charge is 2.25. The lowest BCUT2D eigenvalue weighted by molar-refractivity contribution is -0.141. The van der Waals surface area contributed by atoms with Crippen LogP contribution in [-0.2, 0) is 11.2 Å². The molecule has 0 aliphatic rings. The SMILES string of the molecule is CCc1ccsc1C(O)C(N)C(=O)O. The van der Waals surface area contributed by atoms with Crippen LogP contribution in [0.4, 0.5) is 0 Å². The number of rotatable bonds is 4. The smallest absolute Gasteiger partial charge is 0.323 e. The van der Waals surface area contributed by atoms with Gasteiger partial charge in [-0.2, -0.15) is 0 Å². The van der Waals surface area contributed by atoms with Crippen molar-refractivity contribution in [2.45, 2.75) is 25.5 Å². The number of hydrogen-bond donors (Lipinski definition) is 3. The summed E-state index contributed by atoms with van der Waals surface area (Å²) in [7, 11) is 0. The van der Waals surface area contributed by atoms with Gasteiger partial charge in [-0.1, -0.05) is 6.92 Å². The third kappa shape index (κ3) is 2.12. The minimum Gasteiger partial charge on any atom is -0.480 e. The van der Waals surface area contributed by atoms with Crippen LogP contribution in [-0.4, -0.2) is 22.2 Å². The van der Waals surface area contributed by atoms with E-state index in [1.54, 1.807) is 0 Å². The molecule has 0 aliphatic heterocycles. The molecule has 0 fully saturated rings. The molecule has 0 aromatic carbocycles. The summed E-state index contributed by atoms with van der Waals surface area (Å²) in [4.78, 5) is 11.2. The van der Waals surface area contributed by atoms with Crippen LogP contribution in [0.1, 0.15) is 23.5 Å². The maximum atomic E-state index is 10.6. The van der Waals surface area contributed by atoms with Crippen LogP contribution in [0.15, 0.2) is 11.4 Å². The van der Waals surface area contributed by atoms with E-state index in [0.29, 0.717) is 4.88 Å². The van der Waals surface area contributed by atoms with Crippen molar-refractivity contribution in [2.24, 2.45) is 5.73 Å². The fraction of sp³-hybridized carbons (Fsp3) is 0.444. The van der Waals surface area contributed by atoms with Gasteiger partial charge in [0.15, 0.2) is 0 Å². The van der Waals surface area contributed by atoms with E-state index >= 15 is 0 Å². The van der Waals surface area contributed by atoms with Crippen molar-refractivity contribution < 1.29 is 15.0 Å². The second kappa shape index (κ2) is 4.54. The molecule has 4 N–H and O–H groups in total. The van der Waals surface area contributed by atoms with E-state index in [0.717, 1.165) is 12.0 Å². The molecule has 4 nitrogen and oxygen atoms in total. The molecule has 1 aromatic rings. The summed E-state index contributed by atoms with van der Waals surface area (Å²) in [6.45, 7) is 1.95. The number of aliphatic carboxylic acids is 1. The van der Waals surface area contributed by atoms with E-state index in [9.17, 15) is 9.90 Å². The summed E-state index contributed by atoms with van der Waals surface area (Å²) < 4.78 is 0. The zero-order valence-electron chi connectivity index (χ0n) is 7.80. The van der Waals surface area contributed by atoms with Crippen molar-refractivity contribution >= 4 is 17.3 Å². The van der Waals surface area contributed by atoms with Crippen LogP contribution in [0.3, 0.4) is 0 Å². The summed E-state index contributed by atoms with van der Waals surface area (Å²) in [6, 6.07) is 0.622. The molecule has 1 aromatic heterocycles. The number of aryl methyl sites for hydroxylation is 1. The fourth-order valence-corrected chi connectivity index (χ4v) is 2.23. The lowest BCUT2D eigenvalue weighted by Crippen LogP contribution is -2.36. The monoisotopic (exact) mass is 215 g/mol. The topological polar surface area (TPSA) is 83.5 Å². The number of thiophene rings is 1. The fourth-order valence-electron chi connectivity index (χ4n) is 1.20. The Bertz CT molecular complexity index is 324. The molecular formula is C9H13NO3S. The molecule has 0 bridgehead atoms. The maximum Gasteiger partial charge on any atom is 0.323 e. The first kappa shape index (κ1) is 11.2. The first-order chi connectivity index (χ1) is 6.57. The molecular weight excluding hydrogens is 202 g/mol. The Kier molecular flexibility index (Phi) is 3.62. The number of aliphatic hydroxyl groups excluding tert-OH is 1. The normalized spacial score (nSPS) is 15.1. The largest absolute Gasteiger partial charge is 0.480 e. The number of carbonyl (C=O) groups is 1. The van der Waals surface area contributed by atoms with Crippen molar-refractivity contribution in [3.8, 4) is 0 Å². The summed E-state index contributed by atoms with van der Waals surface area (Å²) in [6.07, 6.45) is -0.343. The quantitative estimate of drug-likeness (QED) is 0.692. The second-order valence-electron chi connectivity index (χ2n) is 2.97. The molecule has 0 saturated carbocycles. The highest BCUT2D eigenvalue weighted by atomic mass is 32.1. The van der Waals surface area contributed by atoms with Crippen LogP contribution < -0.4 is 5.73 Å². The van der Waals surface area contributed by atoms with E-state index in [-0.39, 0.29) is 0 Å². The van der Waals surface area contributed by atoms with Gasteiger partial charge in [0, 0.05) is 4.88 Å². The summed E-state index contributed by atoms with van der Waals surface area (Å²) in [5, 5.41) is 20.1. The van der Waals surface area contributed by atoms with E-state index in [2.05, 4.69) is 0 Å². The van der Waals surface area contributed by atoms with Crippen LogP contribution >= 0.6 is 11.3 Å². The Hall–Kier alpha value is -0.910. The molecule has 78 valence electrons. The number of carboxylic acid groups (broad SMARTS) is 1. The van der Waals surface area contributed by atoms with Crippen LogP contribution in [0.2, 0.25) is 0 Å². The molecule has 2 unspecified atom stereocenters. The Morgan fingerprint density at radius 3 is 2.86 bits per heavy atom. The maximum absolute atomic E-state index is 10.6. The Morgan fingerprint density at radius 1 is 1.71 bits per heavy atom. The molecule has 5 heteroatoms. The minimum absolute atomic E-state index is 0.655. The Morgan fingerprint density at radius 2 is 2.36 bits per heavy atom. The summed E-state index contributed by atoms with van der Waals surface area (Å²) >= 11 is 1.33. The van der Waals surface area contributed by atoms with Gasteiger partial charge in [-0.25, -0.2) is 0 Å². The first-order valence-corrected chi connectivity index (χ1v) is 5.18. The van der Waals surface area contributed by atoms with Gasteiger partial charge in [0.2, 0.25) is 0 Å². The van der Waals surface area contributed by atoms with Gasteiger partial charge in [0.05, 0.1) is 0 Å². The average Bonchev–Trinajstić information content (AvgIpc) is 2.62. The van der Waals surface area contributed by atoms with Gasteiger partial charge >= 0.3 is 5.97 Å². The van der Waals surface area contributed by atoms with Gasteiger partial charge in [0.1, 0.15) is 12.1 Å². The highest BCUT2D eigenvalue weighted by Crippen LogP contribution is 2.26. The average molecular weight is 215 g/mol. The first-order valence-electron chi connectivity index (χ1n) is 4.30. The van der Waals surface area contributed by atoms with Gasteiger partial charge < -0.3 is 15.9 Å². The van der Waals surface area contributed by atoms with E-state index < -0.39 is 18.1 Å². The molecule has 2 atom stereocenters. The van der Waals surface area contributed by atoms with Crippen molar-refractivity contribution in [3.63, 3.8) is 0 Å². The lowest BCUT2D eigenvalue weighted by atomic mass is 10.1. The summed E-state index contributed by atoms with van der Waals surface area (Å²) in [5.74, 6) is -1.19.